The van der Waals surface area contributed by atoms with E-state index in [1.165, 1.54) is 11.3 Å². The molecular formula is C16H18N2O2S. The first kappa shape index (κ1) is 15.3. The molecule has 0 radical (unpaired) electrons. The summed E-state index contributed by atoms with van der Waals surface area (Å²) in [7, 11) is 0. The largest absolute Gasteiger partial charge is 0.494 e. The fourth-order valence-corrected chi connectivity index (χ4v) is 2.93. The molecule has 2 aromatic rings. The third-order valence-electron chi connectivity index (χ3n) is 2.91. The van der Waals surface area contributed by atoms with Gasteiger partial charge in [0.2, 0.25) is 0 Å². The number of carbonyl (C=O) groups is 1. The lowest BCUT2D eigenvalue weighted by atomic mass is 10.2. The van der Waals surface area contributed by atoms with E-state index in [0.29, 0.717) is 18.0 Å². The predicted molar refractivity (Wildman–Crippen MR) is 85.2 cm³/mol. The summed E-state index contributed by atoms with van der Waals surface area (Å²) < 4.78 is 8.39. The van der Waals surface area contributed by atoms with E-state index < -0.39 is 0 Å². The molecule has 0 aliphatic carbocycles. The van der Waals surface area contributed by atoms with Crippen LogP contribution in [-0.4, -0.2) is 17.1 Å². The van der Waals surface area contributed by atoms with Crippen LogP contribution in [0, 0.1) is 18.3 Å². The van der Waals surface area contributed by atoms with Crippen LogP contribution >= 0.6 is 11.3 Å². The van der Waals surface area contributed by atoms with Crippen LogP contribution in [0.4, 0.5) is 0 Å². The van der Waals surface area contributed by atoms with E-state index >= 15 is 0 Å². The number of carbonyl (C=O) groups excluding carboxylic acids is 1. The number of aromatic nitrogens is 1. The maximum atomic E-state index is 11.9. The Balaban J connectivity index is 2.62. The number of terminal acetylenes is 1. The summed E-state index contributed by atoms with van der Waals surface area (Å²) in [5.41, 5.74) is 0.969. The quantitative estimate of drug-likeness (QED) is 0.815. The van der Waals surface area contributed by atoms with E-state index in [4.69, 9.17) is 11.2 Å². The molecule has 0 aliphatic rings. The number of hydrogen-bond donors (Lipinski definition) is 0. The lowest BCUT2D eigenvalue weighted by Gasteiger charge is -2.03. The van der Waals surface area contributed by atoms with Crippen LogP contribution in [0.3, 0.4) is 0 Å². The molecule has 0 aliphatic heterocycles. The molecule has 0 saturated carbocycles. The molecule has 2 rings (SSSR count). The Labute approximate surface area is 128 Å². The Bertz CT molecular complexity index is 763. The molecule has 0 N–H and O–H groups in total. The van der Waals surface area contributed by atoms with Crippen LogP contribution in [0.2, 0.25) is 0 Å². The van der Waals surface area contributed by atoms with Crippen molar-refractivity contribution in [3.63, 3.8) is 0 Å². The maximum Gasteiger partial charge on any atom is 0.250 e. The highest BCUT2D eigenvalue weighted by Gasteiger charge is 2.10. The van der Waals surface area contributed by atoms with Gasteiger partial charge < -0.3 is 9.30 Å². The fraction of sp³-hybridized carbons (Fsp3) is 0.375. The maximum absolute atomic E-state index is 11.9. The van der Waals surface area contributed by atoms with Gasteiger partial charge in [-0.25, -0.2) is 0 Å². The Kier molecular flexibility index (Phi) is 4.81. The molecule has 0 unspecified atom stereocenters. The number of rotatable bonds is 4. The molecule has 1 aromatic carbocycles. The van der Waals surface area contributed by atoms with E-state index in [-0.39, 0.29) is 11.8 Å². The Morgan fingerprint density at radius 1 is 1.52 bits per heavy atom. The molecule has 5 heteroatoms. The molecule has 0 spiro atoms. The molecule has 4 nitrogen and oxygen atoms in total. The summed E-state index contributed by atoms with van der Waals surface area (Å²) in [6.45, 7) is 6.61. The summed E-state index contributed by atoms with van der Waals surface area (Å²) in [5, 5.41) is 0. The third kappa shape index (κ3) is 3.34. The van der Waals surface area contributed by atoms with Crippen molar-refractivity contribution >= 4 is 27.5 Å². The highest BCUT2D eigenvalue weighted by Crippen LogP contribution is 2.23. The highest BCUT2D eigenvalue weighted by molar-refractivity contribution is 7.16. The minimum atomic E-state index is -0.141. The summed E-state index contributed by atoms with van der Waals surface area (Å²) in [4.78, 5) is 16.7. The van der Waals surface area contributed by atoms with E-state index in [2.05, 4.69) is 10.9 Å². The third-order valence-corrected chi connectivity index (χ3v) is 3.96. The van der Waals surface area contributed by atoms with Crippen LogP contribution in [0.15, 0.2) is 23.2 Å². The van der Waals surface area contributed by atoms with Crippen molar-refractivity contribution in [2.45, 2.75) is 27.3 Å². The molecule has 0 saturated heterocycles. The van der Waals surface area contributed by atoms with Crippen molar-refractivity contribution < 1.29 is 9.53 Å². The number of amides is 1. The van der Waals surface area contributed by atoms with E-state index in [9.17, 15) is 4.79 Å². The molecule has 0 fully saturated rings. The van der Waals surface area contributed by atoms with Crippen LogP contribution < -0.4 is 9.54 Å². The standard InChI is InChI=1S/C16H18N2O2S/c1-5-9-18-13-8-7-12(20-6-2)10-14(13)21-16(18)17-15(19)11(3)4/h1,7-8,10-11H,6,9H2,2-4H3. The van der Waals surface area contributed by atoms with Crippen LogP contribution in [0.1, 0.15) is 20.8 Å². The average molecular weight is 302 g/mol. The monoisotopic (exact) mass is 302 g/mol. The second-order valence-corrected chi connectivity index (χ2v) is 5.85. The van der Waals surface area contributed by atoms with Gasteiger partial charge in [-0.3, -0.25) is 4.79 Å². The zero-order chi connectivity index (χ0) is 15.4. The number of nitrogens with zero attached hydrogens (tertiary/aromatic N) is 2. The second-order valence-electron chi connectivity index (χ2n) is 4.84. The Hall–Kier alpha value is -2.06. The number of fused-ring (bicyclic) bond motifs is 1. The lowest BCUT2D eigenvalue weighted by Crippen LogP contribution is -2.18. The number of thiazole rings is 1. The van der Waals surface area contributed by atoms with Crippen LogP contribution in [-0.2, 0) is 11.3 Å². The summed E-state index contributed by atoms with van der Waals surface area (Å²) in [5.74, 6) is 3.15. The first-order chi connectivity index (χ1) is 10.1. The van der Waals surface area contributed by atoms with Gasteiger partial charge in [-0.1, -0.05) is 31.1 Å². The minimum Gasteiger partial charge on any atom is -0.494 e. The molecule has 1 aromatic heterocycles. The van der Waals surface area contributed by atoms with Gasteiger partial charge in [-0.2, -0.15) is 4.99 Å². The van der Waals surface area contributed by atoms with Gasteiger partial charge in [0, 0.05) is 5.92 Å². The van der Waals surface area contributed by atoms with Gasteiger partial charge in [0.15, 0.2) is 4.80 Å². The smallest absolute Gasteiger partial charge is 0.250 e. The van der Waals surface area contributed by atoms with E-state index in [1.54, 1.807) is 0 Å². The normalized spacial score (nSPS) is 11.9. The predicted octanol–water partition coefficient (Wildman–Crippen LogP) is 2.82. The van der Waals surface area contributed by atoms with Gasteiger partial charge in [0.05, 0.1) is 23.4 Å². The SMILES string of the molecule is C#CCn1c(=NC(=O)C(C)C)sc2cc(OCC)ccc21. The zero-order valence-corrected chi connectivity index (χ0v) is 13.2. The van der Waals surface area contributed by atoms with Gasteiger partial charge in [-0.15, -0.1) is 6.42 Å². The first-order valence-corrected chi connectivity index (χ1v) is 7.66. The van der Waals surface area contributed by atoms with E-state index in [0.717, 1.165) is 16.0 Å². The summed E-state index contributed by atoms with van der Waals surface area (Å²) in [6, 6.07) is 5.81. The topological polar surface area (TPSA) is 43.6 Å². The van der Waals surface area contributed by atoms with Gasteiger partial charge in [0.25, 0.3) is 5.91 Å². The molecule has 1 heterocycles. The second kappa shape index (κ2) is 6.59. The number of ether oxygens (including phenoxy) is 1. The van der Waals surface area contributed by atoms with Gasteiger partial charge in [-0.05, 0) is 25.1 Å². The minimum absolute atomic E-state index is 0.131. The fourth-order valence-electron chi connectivity index (χ4n) is 1.86. The van der Waals surface area contributed by atoms with Crippen LogP contribution in [0.25, 0.3) is 10.2 Å². The lowest BCUT2D eigenvalue weighted by molar-refractivity contribution is -0.120. The molecule has 21 heavy (non-hydrogen) atoms. The summed E-state index contributed by atoms with van der Waals surface area (Å²) >= 11 is 1.45. The number of hydrogen-bond acceptors (Lipinski definition) is 3. The van der Waals surface area contributed by atoms with Crippen molar-refractivity contribution in [2.24, 2.45) is 10.9 Å². The number of benzene rings is 1. The van der Waals surface area contributed by atoms with Gasteiger partial charge >= 0.3 is 0 Å². The van der Waals surface area contributed by atoms with Crippen LogP contribution in [0.5, 0.6) is 5.75 Å². The van der Waals surface area contributed by atoms with Crippen molar-refractivity contribution in [3.8, 4) is 18.1 Å². The summed E-state index contributed by atoms with van der Waals surface area (Å²) in [6.07, 6.45) is 5.43. The van der Waals surface area contributed by atoms with Crippen molar-refractivity contribution in [1.29, 1.82) is 0 Å². The van der Waals surface area contributed by atoms with Crippen molar-refractivity contribution in [1.82, 2.24) is 4.57 Å². The Morgan fingerprint density at radius 3 is 2.90 bits per heavy atom. The molecule has 110 valence electrons. The highest BCUT2D eigenvalue weighted by atomic mass is 32.1. The average Bonchev–Trinajstić information content (AvgIpc) is 2.77. The first-order valence-electron chi connectivity index (χ1n) is 6.85. The molecule has 0 bridgehead atoms. The van der Waals surface area contributed by atoms with Gasteiger partial charge in [0.1, 0.15) is 5.75 Å². The zero-order valence-electron chi connectivity index (χ0n) is 12.4. The Morgan fingerprint density at radius 2 is 2.29 bits per heavy atom. The van der Waals surface area contributed by atoms with E-state index in [1.807, 2.05) is 43.5 Å². The molecule has 1 amide bonds. The molecular weight excluding hydrogens is 284 g/mol. The van der Waals surface area contributed by atoms with Crippen molar-refractivity contribution in [3.05, 3.63) is 23.0 Å². The van der Waals surface area contributed by atoms with Crippen molar-refractivity contribution in [2.75, 3.05) is 6.61 Å². The molecule has 0 atom stereocenters.